The number of carbonyl (C=O) groups excluding carboxylic acids is 1. The van der Waals surface area contributed by atoms with Gasteiger partial charge in [0.15, 0.2) is 0 Å². The lowest BCUT2D eigenvalue weighted by molar-refractivity contribution is -0.119. The molecule has 0 bridgehead atoms. The Morgan fingerprint density at radius 1 is 1.33 bits per heavy atom. The molecule has 1 atom stereocenters. The second kappa shape index (κ2) is 5.54. The molecular weight excluding hydrogens is 188 g/mol. The molecule has 0 radical (unpaired) electrons. The van der Waals surface area contributed by atoms with E-state index in [-0.39, 0.29) is 11.7 Å². The summed E-state index contributed by atoms with van der Waals surface area (Å²) in [6.45, 7) is 6.40. The molecule has 0 spiro atoms. The molecule has 1 aromatic carbocycles. The normalized spacial score (nSPS) is 12.2. The Kier molecular flexibility index (Phi) is 4.35. The molecule has 2 nitrogen and oxygen atoms in total. The Labute approximate surface area is 91.3 Å². The van der Waals surface area contributed by atoms with E-state index in [1.807, 2.05) is 45.0 Å². The van der Waals surface area contributed by atoms with Crippen molar-refractivity contribution in [3.8, 4) is 5.75 Å². The fourth-order valence-electron chi connectivity index (χ4n) is 1.60. The Bertz CT molecular complexity index is 331. The van der Waals surface area contributed by atoms with Crippen LogP contribution in [0.4, 0.5) is 0 Å². The minimum Gasteiger partial charge on any atom is -0.494 e. The van der Waals surface area contributed by atoms with Crippen molar-refractivity contribution in [1.82, 2.24) is 0 Å². The lowest BCUT2D eigenvalue weighted by atomic mass is 9.94. The van der Waals surface area contributed by atoms with E-state index in [0.717, 1.165) is 11.3 Å². The molecule has 0 heterocycles. The van der Waals surface area contributed by atoms with Gasteiger partial charge in [-0.25, -0.2) is 0 Å². The molecule has 0 fully saturated rings. The number of para-hydroxylation sites is 1. The van der Waals surface area contributed by atoms with Gasteiger partial charge in [-0.1, -0.05) is 32.0 Å². The highest BCUT2D eigenvalue weighted by molar-refractivity contribution is 5.85. The van der Waals surface area contributed by atoms with E-state index in [4.69, 9.17) is 4.74 Å². The number of ketones is 1. The molecule has 0 aliphatic heterocycles. The van der Waals surface area contributed by atoms with Crippen LogP contribution in [0.5, 0.6) is 5.75 Å². The SMILES string of the molecule is CCOc1ccccc1C(C)C(=O)CC. The summed E-state index contributed by atoms with van der Waals surface area (Å²) in [6, 6.07) is 7.75. The molecular formula is C13H18O2. The number of ether oxygens (including phenoxy) is 1. The number of hydrogen-bond donors (Lipinski definition) is 0. The molecule has 0 saturated carbocycles. The third kappa shape index (κ3) is 2.82. The van der Waals surface area contributed by atoms with Crippen molar-refractivity contribution in [3.63, 3.8) is 0 Å². The molecule has 0 amide bonds. The molecule has 82 valence electrons. The molecule has 0 aliphatic rings. The first-order valence-electron chi connectivity index (χ1n) is 5.45. The van der Waals surface area contributed by atoms with Gasteiger partial charge in [-0.05, 0) is 13.0 Å². The van der Waals surface area contributed by atoms with Crippen molar-refractivity contribution in [1.29, 1.82) is 0 Å². The van der Waals surface area contributed by atoms with Crippen LogP contribution >= 0.6 is 0 Å². The lowest BCUT2D eigenvalue weighted by Gasteiger charge is -2.14. The van der Waals surface area contributed by atoms with E-state index >= 15 is 0 Å². The van der Waals surface area contributed by atoms with Crippen LogP contribution < -0.4 is 4.74 Å². The van der Waals surface area contributed by atoms with Gasteiger partial charge >= 0.3 is 0 Å². The van der Waals surface area contributed by atoms with Crippen LogP contribution in [-0.4, -0.2) is 12.4 Å². The number of Topliss-reactive ketones (excluding diaryl/α,β-unsaturated/α-hetero) is 1. The highest BCUT2D eigenvalue weighted by atomic mass is 16.5. The van der Waals surface area contributed by atoms with Gasteiger partial charge in [0.1, 0.15) is 11.5 Å². The fraction of sp³-hybridized carbons (Fsp3) is 0.462. The average Bonchev–Trinajstić information content (AvgIpc) is 2.28. The maximum absolute atomic E-state index is 11.6. The Balaban J connectivity index is 2.96. The highest BCUT2D eigenvalue weighted by Crippen LogP contribution is 2.27. The number of hydrogen-bond acceptors (Lipinski definition) is 2. The van der Waals surface area contributed by atoms with Crippen molar-refractivity contribution in [3.05, 3.63) is 29.8 Å². The Morgan fingerprint density at radius 3 is 2.60 bits per heavy atom. The topological polar surface area (TPSA) is 26.3 Å². The van der Waals surface area contributed by atoms with E-state index in [1.54, 1.807) is 0 Å². The van der Waals surface area contributed by atoms with Crippen LogP contribution in [0.25, 0.3) is 0 Å². The Hall–Kier alpha value is -1.31. The number of carbonyl (C=O) groups is 1. The third-order valence-electron chi connectivity index (χ3n) is 2.52. The van der Waals surface area contributed by atoms with Crippen LogP contribution in [0.2, 0.25) is 0 Å². The van der Waals surface area contributed by atoms with Crippen molar-refractivity contribution in [2.75, 3.05) is 6.61 Å². The van der Waals surface area contributed by atoms with E-state index in [9.17, 15) is 4.79 Å². The van der Waals surface area contributed by atoms with Gasteiger partial charge in [0.05, 0.1) is 6.61 Å². The van der Waals surface area contributed by atoms with E-state index in [0.29, 0.717) is 13.0 Å². The largest absolute Gasteiger partial charge is 0.494 e. The van der Waals surface area contributed by atoms with Gasteiger partial charge in [0.25, 0.3) is 0 Å². The standard InChI is InChI=1S/C13H18O2/c1-4-12(14)10(3)11-8-6-7-9-13(11)15-5-2/h6-10H,4-5H2,1-3H3. The predicted octanol–water partition coefficient (Wildman–Crippen LogP) is 3.17. The van der Waals surface area contributed by atoms with Crippen molar-refractivity contribution >= 4 is 5.78 Å². The molecule has 15 heavy (non-hydrogen) atoms. The molecule has 0 N–H and O–H groups in total. The predicted molar refractivity (Wildman–Crippen MR) is 61.3 cm³/mol. The maximum Gasteiger partial charge on any atom is 0.139 e. The molecule has 0 aromatic heterocycles. The van der Waals surface area contributed by atoms with Gasteiger partial charge in [-0.2, -0.15) is 0 Å². The molecule has 0 saturated heterocycles. The zero-order valence-electron chi connectivity index (χ0n) is 9.62. The zero-order chi connectivity index (χ0) is 11.3. The summed E-state index contributed by atoms with van der Waals surface area (Å²) in [5.41, 5.74) is 0.992. The summed E-state index contributed by atoms with van der Waals surface area (Å²) in [5, 5.41) is 0. The smallest absolute Gasteiger partial charge is 0.139 e. The van der Waals surface area contributed by atoms with Gasteiger partial charge in [0, 0.05) is 17.9 Å². The summed E-state index contributed by atoms with van der Waals surface area (Å²) in [5.74, 6) is 1.01. The van der Waals surface area contributed by atoms with Gasteiger partial charge in [0.2, 0.25) is 0 Å². The summed E-state index contributed by atoms with van der Waals surface area (Å²) in [4.78, 5) is 11.6. The van der Waals surface area contributed by atoms with Crippen LogP contribution in [0.3, 0.4) is 0 Å². The fourth-order valence-corrected chi connectivity index (χ4v) is 1.60. The van der Waals surface area contributed by atoms with E-state index in [2.05, 4.69) is 0 Å². The molecule has 1 unspecified atom stereocenters. The summed E-state index contributed by atoms with van der Waals surface area (Å²) < 4.78 is 5.50. The first-order chi connectivity index (χ1) is 7.20. The first kappa shape index (κ1) is 11.8. The number of rotatable bonds is 5. The average molecular weight is 206 g/mol. The number of benzene rings is 1. The van der Waals surface area contributed by atoms with Crippen molar-refractivity contribution in [2.24, 2.45) is 0 Å². The highest BCUT2D eigenvalue weighted by Gasteiger charge is 2.16. The molecule has 2 heteroatoms. The van der Waals surface area contributed by atoms with Crippen molar-refractivity contribution in [2.45, 2.75) is 33.1 Å². The first-order valence-corrected chi connectivity index (χ1v) is 5.45. The minimum absolute atomic E-state index is 0.0715. The van der Waals surface area contributed by atoms with Gasteiger partial charge in [-0.15, -0.1) is 0 Å². The van der Waals surface area contributed by atoms with Crippen LogP contribution in [0.15, 0.2) is 24.3 Å². The molecule has 1 aromatic rings. The monoisotopic (exact) mass is 206 g/mol. The Morgan fingerprint density at radius 2 is 2.00 bits per heavy atom. The third-order valence-corrected chi connectivity index (χ3v) is 2.52. The minimum atomic E-state index is -0.0715. The zero-order valence-corrected chi connectivity index (χ0v) is 9.62. The summed E-state index contributed by atoms with van der Waals surface area (Å²) >= 11 is 0. The van der Waals surface area contributed by atoms with E-state index < -0.39 is 0 Å². The molecule has 1 rings (SSSR count). The van der Waals surface area contributed by atoms with Gasteiger partial charge in [-0.3, -0.25) is 4.79 Å². The van der Waals surface area contributed by atoms with Crippen LogP contribution in [0.1, 0.15) is 38.7 Å². The summed E-state index contributed by atoms with van der Waals surface area (Å²) in [6.07, 6.45) is 0.571. The maximum atomic E-state index is 11.6. The molecule has 0 aliphatic carbocycles. The quantitative estimate of drug-likeness (QED) is 0.739. The second-order valence-electron chi connectivity index (χ2n) is 3.51. The van der Waals surface area contributed by atoms with Crippen LogP contribution in [0, 0.1) is 0 Å². The van der Waals surface area contributed by atoms with E-state index in [1.165, 1.54) is 0 Å². The van der Waals surface area contributed by atoms with Crippen LogP contribution in [-0.2, 0) is 4.79 Å². The lowest BCUT2D eigenvalue weighted by Crippen LogP contribution is -2.09. The second-order valence-corrected chi connectivity index (χ2v) is 3.51. The summed E-state index contributed by atoms with van der Waals surface area (Å²) in [7, 11) is 0. The van der Waals surface area contributed by atoms with Gasteiger partial charge < -0.3 is 4.74 Å². The van der Waals surface area contributed by atoms with Crippen molar-refractivity contribution < 1.29 is 9.53 Å².